The van der Waals surface area contributed by atoms with Crippen LogP contribution in [0.4, 0.5) is 0 Å². The highest BCUT2D eigenvalue weighted by atomic mass is 15.5. The maximum absolute atomic E-state index is 3.70. The third-order valence-corrected chi connectivity index (χ3v) is 1.04. The molecule has 0 aliphatic rings. The molecule has 0 fully saturated rings. The summed E-state index contributed by atoms with van der Waals surface area (Å²) in [5.41, 5.74) is 0. The second-order valence-electron chi connectivity index (χ2n) is 1.82. The molecule has 4 heteroatoms. The van der Waals surface area contributed by atoms with E-state index >= 15 is 0 Å². The van der Waals surface area contributed by atoms with Crippen molar-refractivity contribution in [1.82, 2.24) is 20.2 Å². The minimum absolute atomic E-state index is 0.636. The summed E-state index contributed by atoms with van der Waals surface area (Å²) in [6.07, 6.45) is 1.04. The Balaban J connectivity index is 2.69. The number of aryl methyl sites for hydroxylation is 1. The molecule has 0 N–H and O–H groups in total. The summed E-state index contributed by atoms with van der Waals surface area (Å²) >= 11 is 0. The van der Waals surface area contributed by atoms with Gasteiger partial charge in [0.1, 0.15) is 0 Å². The fraction of sp³-hybridized carbons (Fsp3) is 0.600. The summed E-state index contributed by atoms with van der Waals surface area (Å²) < 4.78 is 1.68. The van der Waals surface area contributed by atoms with Crippen LogP contribution in [-0.2, 0) is 6.54 Å². The van der Waals surface area contributed by atoms with Crippen LogP contribution in [0.2, 0.25) is 0 Å². The van der Waals surface area contributed by atoms with Crippen LogP contribution >= 0.6 is 0 Å². The molecule has 9 heavy (non-hydrogen) atoms. The minimum Gasteiger partial charge on any atom is -0.230 e. The Bertz CT molecular complexity index is 181. The van der Waals surface area contributed by atoms with Crippen molar-refractivity contribution in [1.29, 1.82) is 0 Å². The van der Waals surface area contributed by atoms with E-state index in [0.717, 1.165) is 13.0 Å². The van der Waals surface area contributed by atoms with Crippen LogP contribution < -0.4 is 0 Å². The molecule has 0 unspecified atom stereocenters. The fourth-order valence-corrected chi connectivity index (χ4v) is 0.609. The van der Waals surface area contributed by atoms with Crippen LogP contribution in [-0.4, -0.2) is 20.2 Å². The second kappa shape index (κ2) is 2.57. The minimum atomic E-state index is 0.636. The lowest BCUT2D eigenvalue weighted by Crippen LogP contribution is -2.01. The van der Waals surface area contributed by atoms with Gasteiger partial charge >= 0.3 is 0 Å². The van der Waals surface area contributed by atoms with Gasteiger partial charge in [0, 0.05) is 13.5 Å². The Labute approximate surface area is 53.9 Å². The summed E-state index contributed by atoms with van der Waals surface area (Å²) in [7, 11) is 0. The van der Waals surface area contributed by atoms with Crippen molar-refractivity contribution in [2.75, 3.05) is 0 Å². The molecule has 1 rings (SSSR count). The standard InChI is InChI=1S/C5H9N4/c1-3-4-9-5(2)6-7-8-9/h2-4H2,1H3. The number of nitrogens with zero attached hydrogens (tertiary/aromatic N) is 4. The molecule has 1 aromatic heterocycles. The van der Waals surface area contributed by atoms with Gasteiger partial charge in [0.15, 0.2) is 5.82 Å². The van der Waals surface area contributed by atoms with Crippen LogP contribution in [0.25, 0.3) is 0 Å². The van der Waals surface area contributed by atoms with Crippen molar-refractivity contribution in [2.24, 2.45) is 0 Å². The first-order valence-corrected chi connectivity index (χ1v) is 2.92. The topological polar surface area (TPSA) is 43.6 Å². The molecule has 0 amide bonds. The van der Waals surface area contributed by atoms with Crippen molar-refractivity contribution in [2.45, 2.75) is 19.9 Å². The number of aromatic nitrogens is 4. The van der Waals surface area contributed by atoms with Gasteiger partial charge in [0.25, 0.3) is 0 Å². The predicted molar refractivity (Wildman–Crippen MR) is 32.6 cm³/mol. The van der Waals surface area contributed by atoms with Crippen molar-refractivity contribution < 1.29 is 0 Å². The quantitative estimate of drug-likeness (QED) is 0.569. The van der Waals surface area contributed by atoms with E-state index in [2.05, 4.69) is 29.4 Å². The summed E-state index contributed by atoms with van der Waals surface area (Å²) in [6.45, 7) is 6.55. The van der Waals surface area contributed by atoms with E-state index in [4.69, 9.17) is 0 Å². The van der Waals surface area contributed by atoms with Gasteiger partial charge in [-0.15, -0.1) is 5.10 Å². The summed E-state index contributed by atoms with van der Waals surface area (Å²) in [5.74, 6) is 0.636. The molecule has 0 aromatic carbocycles. The average molecular weight is 125 g/mol. The normalized spacial score (nSPS) is 10.0. The number of rotatable bonds is 2. The highest BCUT2D eigenvalue weighted by Crippen LogP contribution is 1.89. The highest BCUT2D eigenvalue weighted by Gasteiger charge is 1.95. The van der Waals surface area contributed by atoms with Crippen LogP contribution in [0.1, 0.15) is 19.2 Å². The third-order valence-electron chi connectivity index (χ3n) is 1.04. The molecule has 4 nitrogen and oxygen atoms in total. The molecule has 0 atom stereocenters. The van der Waals surface area contributed by atoms with Gasteiger partial charge in [-0.25, -0.2) is 4.68 Å². The smallest absolute Gasteiger partial charge is 0.151 e. The van der Waals surface area contributed by atoms with Gasteiger partial charge in [-0.3, -0.25) is 0 Å². The van der Waals surface area contributed by atoms with Gasteiger partial charge in [-0.2, -0.15) is 0 Å². The first-order chi connectivity index (χ1) is 4.34. The van der Waals surface area contributed by atoms with Crippen LogP contribution in [0.3, 0.4) is 0 Å². The van der Waals surface area contributed by atoms with Crippen molar-refractivity contribution >= 4 is 0 Å². The zero-order valence-corrected chi connectivity index (χ0v) is 5.41. The largest absolute Gasteiger partial charge is 0.230 e. The van der Waals surface area contributed by atoms with E-state index in [-0.39, 0.29) is 0 Å². The maximum atomic E-state index is 3.70. The van der Waals surface area contributed by atoms with Crippen LogP contribution in [0.5, 0.6) is 0 Å². The Morgan fingerprint density at radius 3 is 2.89 bits per heavy atom. The lowest BCUT2D eigenvalue weighted by Gasteiger charge is -1.94. The van der Waals surface area contributed by atoms with E-state index in [1.807, 2.05) is 0 Å². The monoisotopic (exact) mass is 125 g/mol. The number of hydrogen-bond donors (Lipinski definition) is 0. The van der Waals surface area contributed by atoms with Gasteiger partial charge in [0.05, 0.1) is 0 Å². The van der Waals surface area contributed by atoms with E-state index < -0.39 is 0 Å². The predicted octanol–water partition coefficient (Wildman–Crippen LogP) is 0.265. The summed E-state index contributed by atoms with van der Waals surface area (Å²) in [6, 6.07) is 0. The molecule has 1 radical (unpaired) electrons. The lowest BCUT2D eigenvalue weighted by molar-refractivity contribution is 0.572. The first-order valence-electron chi connectivity index (χ1n) is 2.92. The maximum Gasteiger partial charge on any atom is 0.151 e. The molecule has 0 aliphatic heterocycles. The Hall–Kier alpha value is -0.930. The molecule has 0 saturated carbocycles. The average Bonchev–Trinajstić information content (AvgIpc) is 2.18. The zero-order valence-electron chi connectivity index (χ0n) is 5.41. The SMILES string of the molecule is [CH2]c1nnnn1CCC. The summed E-state index contributed by atoms with van der Waals surface area (Å²) in [5, 5.41) is 10.8. The zero-order chi connectivity index (χ0) is 6.69. The summed E-state index contributed by atoms with van der Waals surface area (Å²) in [4.78, 5) is 0. The van der Waals surface area contributed by atoms with Gasteiger partial charge in [-0.05, 0) is 16.8 Å². The molecular weight excluding hydrogens is 116 g/mol. The number of tetrazole rings is 1. The van der Waals surface area contributed by atoms with E-state index in [1.165, 1.54) is 0 Å². The first kappa shape index (κ1) is 6.19. The Morgan fingerprint density at radius 2 is 2.44 bits per heavy atom. The van der Waals surface area contributed by atoms with Crippen LogP contribution in [0, 0.1) is 6.92 Å². The molecule has 49 valence electrons. The van der Waals surface area contributed by atoms with E-state index in [9.17, 15) is 0 Å². The van der Waals surface area contributed by atoms with Crippen molar-refractivity contribution in [3.05, 3.63) is 12.7 Å². The molecule has 0 aliphatic carbocycles. The number of hydrogen-bond acceptors (Lipinski definition) is 3. The third kappa shape index (κ3) is 1.25. The Kier molecular flexibility index (Phi) is 1.77. The second-order valence-corrected chi connectivity index (χ2v) is 1.82. The van der Waals surface area contributed by atoms with Gasteiger partial charge in [-0.1, -0.05) is 6.92 Å². The van der Waals surface area contributed by atoms with Gasteiger partial charge < -0.3 is 0 Å². The highest BCUT2D eigenvalue weighted by molar-refractivity contribution is 4.83. The van der Waals surface area contributed by atoms with Crippen molar-refractivity contribution in [3.63, 3.8) is 0 Å². The fourth-order valence-electron chi connectivity index (χ4n) is 0.609. The lowest BCUT2D eigenvalue weighted by atomic mass is 10.5. The van der Waals surface area contributed by atoms with Crippen LogP contribution in [0.15, 0.2) is 0 Å². The molecular formula is C5H9N4. The van der Waals surface area contributed by atoms with Crippen molar-refractivity contribution in [3.8, 4) is 0 Å². The van der Waals surface area contributed by atoms with Gasteiger partial charge in [0.2, 0.25) is 0 Å². The van der Waals surface area contributed by atoms with E-state index in [0.29, 0.717) is 5.82 Å². The van der Waals surface area contributed by atoms with E-state index in [1.54, 1.807) is 4.68 Å². The molecule has 1 heterocycles. The molecule has 0 saturated heterocycles. The molecule has 0 spiro atoms. The molecule has 0 bridgehead atoms. The Morgan fingerprint density at radius 1 is 1.67 bits per heavy atom. The molecule has 1 aromatic rings.